The van der Waals surface area contributed by atoms with E-state index in [9.17, 15) is 5.11 Å². The van der Waals surface area contributed by atoms with Gasteiger partial charge >= 0.3 is 0 Å². The second kappa shape index (κ2) is 3.54. The molecule has 0 saturated heterocycles. The largest absolute Gasteiger partial charge is 0.504 e. The van der Waals surface area contributed by atoms with E-state index in [1.807, 2.05) is 19.0 Å². The predicted octanol–water partition coefficient (Wildman–Crippen LogP) is 1.99. The number of nitrogens with zero attached hydrogens (tertiary/aromatic N) is 1. The van der Waals surface area contributed by atoms with Crippen molar-refractivity contribution < 1.29 is 9.40 Å². The Labute approximate surface area is 76.3 Å². The third-order valence-corrected chi connectivity index (χ3v) is 1.71. The first-order valence-corrected chi connectivity index (χ1v) is 3.75. The van der Waals surface area contributed by atoms with Crippen LogP contribution in [0.2, 0.25) is 0 Å². The molecular weight excluding hydrogens is 178 g/mol. The number of anilines is 1. The first-order valence-electron chi connectivity index (χ1n) is 3.44. The second-order valence-electron chi connectivity index (χ2n) is 2.62. The number of benzene rings is 1. The van der Waals surface area contributed by atoms with Crippen molar-refractivity contribution in [3.05, 3.63) is 18.2 Å². The van der Waals surface area contributed by atoms with E-state index in [2.05, 4.69) is 4.29 Å². The molecule has 0 atom stereocenters. The molecule has 0 spiro atoms. The molecule has 0 unspecified atom stereocenters. The first-order chi connectivity index (χ1) is 5.65. The van der Waals surface area contributed by atoms with Crippen LogP contribution in [-0.2, 0) is 0 Å². The van der Waals surface area contributed by atoms with Gasteiger partial charge in [-0.2, -0.15) is 0 Å². The minimum Gasteiger partial charge on any atom is -0.504 e. The van der Waals surface area contributed by atoms with Crippen LogP contribution < -0.4 is 9.19 Å². The molecule has 0 bridgehead atoms. The highest BCUT2D eigenvalue weighted by atomic mass is 35.5. The van der Waals surface area contributed by atoms with Gasteiger partial charge in [0.2, 0.25) is 0 Å². The van der Waals surface area contributed by atoms with Gasteiger partial charge in [0.15, 0.2) is 11.5 Å². The minimum absolute atomic E-state index is 0.0376. The summed E-state index contributed by atoms with van der Waals surface area (Å²) >= 11 is 5.13. The van der Waals surface area contributed by atoms with Gasteiger partial charge < -0.3 is 14.3 Å². The summed E-state index contributed by atoms with van der Waals surface area (Å²) in [5.41, 5.74) is 0.920. The molecule has 0 aromatic heterocycles. The van der Waals surface area contributed by atoms with E-state index in [1.165, 1.54) is 6.07 Å². The summed E-state index contributed by atoms with van der Waals surface area (Å²) in [4.78, 5) is 1.89. The maximum absolute atomic E-state index is 9.19. The Kier molecular flexibility index (Phi) is 2.65. The summed E-state index contributed by atoms with van der Waals surface area (Å²) in [6.45, 7) is 0. The lowest BCUT2D eigenvalue weighted by molar-refractivity contribution is 0.447. The molecule has 0 aliphatic heterocycles. The van der Waals surface area contributed by atoms with Crippen molar-refractivity contribution in [1.82, 2.24) is 0 Å². The Morgan fingerprint density at radius 2 is 2.08 bits per heavy atom. The molecule has 3 nitrogen and oxygen atoms in total. The number of halogens is 1. The summed E-state index contributed by atoms with van der Waals surface area (Å²) in [5, 5.41) is 9.19. The van der Waals surface area contributed by atoms with Crippen molar-refractivity contribution in [2.45, 2.75) is 0 Å². The van der Waals surface area contributed by atoms with Crippen LogP contribution in [0.4, 0.5) is 5.69 Å². The van der Waals surface area contributed by atoms with Gasteiger partial charge in [-0.05, 0) is 12.1 Å². The SMILES string of the molecule is CN(C)c1ccc(O)c(OCl)c1. The molecule has 1 aromatic rings. The summed E-state index contributed by atoms with van der Waals surface area (Å²) in [7, 11) is 3.79. The van der Waals surface area contributed by atoms with E-state index >= 15 is 0 Å². The zero-order valence-corrected chi connectivity index (χ0v) is 7.67. The highest BCUT2D eigenvalue weighted by molar-refractivity contribution is 6.09. The minimum atomic E-state index is 0.0376. The highest BCUT2D eigenvalue weighted by Gasteiger charge is 2.04. The number of hydrogen-bond donors (Lipinski definition) is 1. The van der Waals surface area contributed by atoms with Crippen molar-refractivity contribution in [1.29, 1.82) is 0 Å². The maximum atomic E-state index is 9.19. The molecule has 0 heterocycles. The van der Waals surface area contributed by atoms with Gasteiger partial charge in [-0.3, -0.25) is 0 Å². The maximum Gasteiger partial charge on any atom is 0.189 e. The molecule has 1 N–H and O–H groups in total. The summed E-state index contributed by atoms with van der Waals surface area (Å²) in [5.74, 6) is 0.304. The van der Waals surface area contributed by atoms with E-state index in [1.54, 1.807) is 12.1 Å². The number of rotatable bonds is 2. The molecule has 4 heteroatoms. The van der Waals surface area contributed by atoms with Gasteiger partial charge in [-0.25, -0.2) is 0 Å². The third kappa shape index (κ3) is 1.74. The Morgan fingerprint density at radius 3 is 2.58 bits per heavy atom. The monoisotopic (exact) mass is 187 g/mol. The van der Waals surface area contributed by atoms with Crippen LogP contribution in [-0.4, -0.2) is 19.2 Å². The van der Waals surface area contributed by atoms with Crippen LogP contribution in [0.25, 0.3) is 0 Å². The molecule has 0 saturated carbocycles. The van der Waals surface area contributed by atoms with Crippen molar-refractivity contribution >= 4 is 17.6 Å². The Bertz CT molecular complexity index is 276. The van der Waals surface area contributed by atoms with Gasteiger partial charge in [0.25, 0.3) is 0 Å². The molecule has 0 aliphatic rings. The van der Waals surface area contributed by atoms with Gasteiger partial charge in [0.05, 0.1) is 0 Å². The standard InChI is InChI=1S/C8H10ClNO2/c1-10(2)6-3-4-7(11)8(5-6)12-9/h3-5,11H,1-2H3. The Hall–Kier alpha value is -1.09. The van der Waals surface area contributed by atoms with Gasteiger partial charge in [-0.15, -0.1) is 0 Å². The molecule has 1 rings (SSSR count). The average molecular weight is 188 g/mol. The fraction of sp³-hybridized carbons (Fsp3) is 0.250. The third-order valence-electron chi connectivity index (χ3n) is 1.54. The fourth-order valence-electron chi connectivity index (χ4n) is 0.843. The van der Waals surface area contributed by atoms with Crippen LogP contribution in [0, 0.1) is 0 Å². The smallest absolute Gasteiger partial charge is 0.189 e. The summed E-state index contributed by atoms with van der Waals surface area (Å²) in [6.07, 6.45) is 0. The van der Waals surface area contributed by atoms with E-state index in [4.69, 9.17) is 11.9 Å². The Balaban J connectivity index is 3.05. The quantitative estimate of drug-likeness (QED) is 0.769. The molecule has 1 aromatic carbocycles. The average Bonchev–Trinajstić information content (AvgIpc) is 2.05. The molecule has 0 fully saturated rings. The number of aromatic hydroxyl groups is 1. The Morgan fingerprint density at radius 1 is 1.42 bits per heavy atom. The summed E-state index contributed by atoms with van der Waals surface area (Å²) < 4.78 is 4.43. The normalized spacial score (nSPS) is 9.58. The number of phenols is 1. The molecular formula is C8H10ClNO2. The van der Waals surface area contributed by atoms with Crippen LogP contribution >= 0.6 is 11.9 Å². The van der Waals surface area contributed by atoms with Crippen LogP contribution in [0.15, 0.2) is 18.2 Å². The molecule has 66 valence electrons. The lowest BCUT2D eigenvalue weighted by atomic mass is 10.2. The van der Waals surface area contributed by atoms with Crippen LogP contribution in [0.1, 0.15) is 0 Å². The van der Waals surface area contributed by atoms with E-state index in [0.29, 0.717) is 0 Å². The van der Waals surface area contributed by atoms with Crippen LogP contribution in [0.5, 0.6) is 11.5 Å². The van der Waals surface area contributed by atoms with Gasteiger partial charge in [0, 0.05) is 25.8 Å². The topological polar surface area (TPSA) is 32.7 Å². The first kappa shape index (κ1) is 9.00. The molecule has 12 heavy (non-hydrogen) atoms. The summed E-state index contributed by atoms with van der Waals surface area (Å²) in [6, 6.07) is 4.96. The van der Waals surface area contributed by atoms with Crippen molar-refractivity contribution in [2.75, 3.05) is 19.0 Å². The van der Waals surface area contributed by atoms with Gasteiger partial charge in [-0.1, -0.05) is 0 Å². The highest BCUT2D eigenvalue weighted by Crippen LogP contribution is 2.30. The van der Waals surface area contributed by atoms with E-state index in [-0.39, 0.29) is 11.5 Å². The number of phenolic OH excluding ortho intramolecular Hbond substituents is 1. The molecule has 0 aliphatic carbocycles. The zero-order chi connectivity index (χ0) is 9.14. The molecule has 0 radical (unpaired) electrons. The van der Waals surface area contributed by atoms with Crippen molar-refractivity contribution in [2.24, 2.45) is 0 Å². The molecule has 0 amide bonds. The van der Waals surface area contributed by atoms with Crippen LogP contribution in [0.3, 0.4) is 0 Å². The lowest BCUT2D eigenvalue weighted by Crippen LogP contribution is -2.08. The van der Waals surface area contributed by atoms with E-state index in [0.717, 1.165) is 5.69 Å². The van der Waals surface area contributed by atoms with Gasteiger partial charge in [0.1, 0.15) is 11.9 Å². The second-order valence-corrected chi connectivity index (χ2v) is 2.78. The predicted molar refractivity (Wildman–Crippen MR) is 48.9 cm³/mol. The number of hydrogen-bond acceptors (Lipinski definition) is 3. The zero-order valence-electron chi connectivity index (χ0n) is 6.91. The lowest BCUT2D eigenvalue weighted by Gasteiger charge is -2.12. The van der Waals surface area contributed by atoms with Crippen molar-refractivity contribution in [3.63, 3.8) is 0 Å². The van der Waals surface area contributed by atoms with E-state index < -0.39 is 0 Å². The fourth-order valence-corrected chi connectivity index (χ4v) is 0.966. The van der Waals surface area contributed by atoms with Crippen molar-refractivity contribution in [3.8, 4) is 11.5 Å².